The summed E-state index contributed by atoms with van der Waals surface area (Å²) < 4.78 is 28.6. The van der Waals surface area contributed by atoms with Crippen LogP contribution in [-0.4, -0.2) is 21.9 Å². The Morgan fingerprint density at radius 1 is 1.09 bits per heavy atom. The van der Waals surface area contributed by atoms with Crippen molar-refractivity contribution in [2.45, 2.75) is 12.1 Å². The molecule has 0 saturated heterocycles. The fraction of sp³-hybridized carbons (Fsp3) is 0.120. The highest BCUT2D eigenvalue weighted by Gasteiger charge is 2.41. The molecule has 3 heterocycles. The minimum Gasteiger partial charge on any atom is -0.497 e. The quantitative estimate of drug-likeness (QED) is 0.428. The molecule has 0 bridgehead atoms. The Kier molecular flexibility index (Phi) is 4.58. The Balaban J connectivity index is 1.63. The summed E-state index contributed by atoms with van der Waals surface area (Å²) in [7, 11) is 1.62. The first-order chi connectivity index (χ1) is 16.1. The zero-order valence-corrected chi connectivity index (χ0v) is 18.3. The maximum absolute atomic E-state index is 15.0. The molecule has 164 valence electrons. The first-order valence-corrected chi connectivity index (χ1v) is 10.8. The molecule has 0 saturated carbocycles. The van der Waals surface area contributed by atoms with Crippen LogP contribution in [0.4, 0.5) is 10.3 Å². The average Bonchev–Trinajstić information content (AvgIpc) is 3.31. The number of methoxy groups -OCH3 is 1. The van der Waals surface area contributed by atoms with Gasteiger partial charge in [-0.25, -0.2) is 9.07 Å². The summed E-state index contributed by atoms with van der Waals surface area (Å²) >= 11 is 6.34. The highest BCUT2D eigenvalue weighted by molar-refractivity contribution is 6.30. The van der Waals surface area contributed by atoms with Crippen LogP contribution in [0.2, 0.25) is 5.02 Å². The van der Waals surface area contributed by atoms with Crippen LogP contribution < -0.4 is 14.8 Å². The van der Waals surface area contributed by atoms with E-state index in [2.05, 4.69) is 15.4 Å². The van der Waals surface area contributed by atoms with E-state index < -0.39 is 6.10 Å². The molecule has 8 heteroatoms. The zero-order valence-electron chi connectivity index (χ0n) is 17.5. The van der Waals surface area contributed by atoms with E-state index in [-0.39, 0.29) is 11.9 Å². The lowest BCUT2D eigenvalue weighted by atomic mass is 9.84. The number of rotatable bonds is 3. The SMILES string of the molecule is COc1ccc([C@@H]2C3=C(Nc4ncnn42)c2cc(Cl)ccc2O[C@H]3c2ccccc2F)cc1. The van der Waals surface area contributed by atoms with E-state index in [0.29, 0.717) is 22.3 Å². The molecule has 6 nitrogen and oxygen atoms in total. The highest BCUT2D eigenvalue weighted by atomic mass is 35.5. The van der Waals surface area contributed by atoms with Crippen molar-refractivity contribution in [3.8, 4) is 11.5 Å². The van der Waals surface area contributed by atoms with Crippen LogP contribution in [0.25, 0.3) is 5.70 Å². The number of fused-ring (bicyclic) bond motifs is 3. The van der Waals surface area contributed by atoms with Gasteiger partial charge in [0.05, 0.1) is 12.8 Å². The van der Waals surface area contributed by atoms with Gasteiger partial charge in [-0.3, -0.25) is 0 Å². The normalized spacial score (nSPS) is 18.5. The largest absolute Gasteiger partial charge is 0.497 e. The number of benzene rings is 3. The molecule has 6 rings (SSSR count). The van der Waals surface area contributed by atoms with Gasteiger partial charge < -0.3 is 14.8 Å². The van der Waals surface area contributed by atoms with Crippen molar-refractivity contribution < 1.29 is 13.9 Å². The lowest BCUT2D eigenvalue weighted by molar-refractivity contribution is 0.218. The Labute approximate surface area is 194 Å². The van der Waals surface area contributed by atoms with Crippen molar-refractivity contribution in [3.05, 3.63) is 106 Å². The maximum Gasteiger partial charge on any atom is 0.226 e. The molecule has 0 aliphatic carbocycles. The Morgan fingerprint density at radius 2 is 1.91 bits per heavy atom. The predicted molar refractivity (Wildman–Crippen MR) is 123 cm³/mol. The molecule has 4 aromatic rings. The van der Waals surface area contributed by atoms with Gasteiger partial charge in [-0.2, -0.15) is 10.1 Å². The van der Waals surface area contributed by atoms with Crippen LogP contribution >= 0.6 is 11.6 Å². The van der Waals surface area contributed by atoms with Gasteiger partial charge in [0.1, 0.15) is 29.7 Å². The lowest BCUT2D eigenvalue weighted by Gasteiger charge is -2.39. The number of aromatic nitrogens is 3. The first-order valence-electron chi connectivity index (χ1n) is 10.4. The Morgan fingerprint density at radius 3 is 2.70 bits per heavy atom. The molecular weight excluding hydrogens is 443 g/mol. The van der Waals surface area contributed by atoms with Gasteiger partial charge in [0, 0.05) is 21.7 Å². The molecule has 33 heavy (non-hydrogen) atoms. The molecule has 0 amide bonds. The minimum atomic E-state index is -0.688. The van der Waals surface area contributed by atoms with Crippen molar-refractivity contribution >= 4 is 23.2 Å². The van der Waals surface area contributed by atoms with Crippen LogP contribution in [-0.2, 0) is 0 Å². The summed E-state index contributed by atoms with van der Waals surface area (Å²) in [5, 5.41) is 8.43. The smallest absolute Gasteiger partial charge is 0.226 e. The molecule has 1 N–H and O–H groups in total. The third-order valence-electron chi connectivity index (χ3n) is 6.00. The van der Waals surface area contributed by atoms with Crippen LogP contribution in [0.1, 0.15) is 28.8 Å². The summed E-state index contributed by atoms with van der Waals surface area (Å²) in [5.41, 5.74) is 3.77. The molecule has 2 aliphatic heterocycles. The summed E-state index contributed by atoms with van der Waals surface area (Å²) in [6.45, 7) is 0. The molecule has 0 unspecified atom stereocenters. The van der Waals surface area contributed by atoms with E-state index in [9.17, 15) is 0 Å². The van der Waals surface area contributed by atoms with Crippen molar-refractivity contribution in [3.63, 3.8) is 0 Å². The molecule has 1 aromatic heterocycles. The number of ether oxygens (including phenoxy) is 2. The number of hydrogen-bond donors (Lipinski definition) is 1. The van der Waals surface area contributed by atoms with E-state index in [1.165, 1.54) is 12.4 Å². The van der Waals surface area contributed by atoms with Gasteiger partial charge in [-0.05, 0) is 42.0 Å². The molecule has 2 atom stereocenters. The van der Waals surface area contributed by atoms with E-state index in [1.807, 2.05) is 30.3 Å². The number of nitrogens with one attached hydrogen (secondary N) is 1. The van der Waals surface area contributed by atoms with Gasteiger partial charge in [0.15, 0.2) is 6.10 Å². The van der Waals surface area contributed by atoms with Gasteiger partial charge in [-0.1, -0.05) is 41.9 Å². The molecule has 0 spiro atoms. The summed E-state index contributed by atoms with van der Waals surface area (Å²) in [6, 6.07) is 19.4. The minimum absolute atomic E-state index is 0.343. The Hall–Kier alpha value is -3.84. The number of anilines is 1. The Bertz CT molecular complexity index is 1400. The highest BCUT2D eigenvalue weighted by Crippen LogP contribution is 2.51. The fourth-order valence-corrected chi connectivity index (χ4v) is 4.67. The second-order valence-electron chi connectivity index (χ2n) is 7.82. The van der Waals surface area contributed by atoms with E-state index >= 15 is 4.39 Å². The van der Waals surface area contributed by atoms with Crippen molar-refractivity contribution in [1.82, 2.24) is 14.8 Å². The topological polar surface area (TPSA) is 61.2 Å². The zero-order chi connectivity index (χ0) is 22.5. The molecule has 3 aromatic carbocycles. The molecule has 2 aliphatic rings. The fourth-order valence-electron chi connectivity index (χ4n) is 4.49. The third kappa shape index (κ3) is 3.15. The van der Waals surface area contributed by atoms with Crippen LogP contribution in [0, 0.1) is 5.82 Å². The molecule has 0 fully saturated rings. The van der Waals surface area contributed by atoms with Crippen LogP contribution in [0.15, 0.2) is 78.6 Å². The summed E-state index contributed by atoms with van der Waals surface area (Å²) in [4.78, 5) is 4.40. The van der Waals surface area contributed by atoms with Gasteiger partial charge in [-0.15, -0.1) is 0 Å². The monoisotopic (exact) mass is 460 g/mol. The first kappa shape index (κ1) is 19.8. The lowest BCUT2D eigenvalue weighted by Crippen LogP contribution is -2.32. The van der Waals surface area contributed by atoms with Crippen molar-refractivity contribution in [2.75, 3.05) is 12.4 Å². The van der Waals surface area contributed by atoms with Gasteiger partial charge in [0.25, 0.3) is 0 Å². The van der Waals surface area contributed by atoms with Gasteiger partial charge >= 0.3 is 0 Å². The van der Waals surface area contributed by atoms with Gasteiger partial charge in [0.2, 0.25) is 5.95 Å². The number of nitrogens with zero attached hydrogens (tertiary/aromatic N) is 3. The van der Waals surface area contributed by atoms with Crippen LogP contribution in [0.5, 0.6) is 11.5 Å². The van der Waals surface area contributed by atoms with E-state index in [0.717, 1.165) is 28.1 Å². The standard InChI is InChI=1S/C25H18ClFN4O2/c1-32-16-9-6-14(7-10-16)23-21-22(30-25-28-13-29-31(23)25)18-12-15(26)8-11-20(18)33-24(21)17-4-2-3-5-19(17)27/h2-13,23-24H,1H3,(H,28,29,30)/t23-,24+/m1/s1. The van der Waals surface area contributed by atoms with Crippen molar-refractivity contribution in [1.29, 1.82) is 0 Å². The average molecular weight is 461 g/mol. The van der Waals surface area contributed by atoms with Crippen molar-refractivity contribution in [2.24, 2.45) is 0 Å². The van der Waals surface area contributed by atoms with E-state index in [1.54, 1.807) is 42.1 Å². The predicted octanol–water partition coefficient (Wildman–Crippen LogP) is 5.64. The summed E-state index contributed by atoms with van der Waals surface area (Å²) in [6.07, 6.45) is 0.807. The number of halogens is 2. The van der Waals surface area contributed by atoms with Crippen LogP contribution in [0.3, 0.4) is 0 Å². The maximum atomic E-state index is 15.0. The number of hydrogen-bond acceptors (Lipinski definition) is 5. The molecule has 0 radical (unpaired) electrons. The van der Waals surface area contributed by atoms with E-state index in [4.69, 9.17) is 21.1 Å². The second kappa shape index (κ2) is 7.64. The third-order valence-corrected chi connectivity index (χ3v) is 6.23. The molecular formula is C25H18ClFN4O2. The summed E-state index contributed by atoms with van der Waals surface area (Å²) in [5.74, 6) is 1.59. The second-order valence-corrected chi connectivity index (χ2v) is 8.26.